The fraction of sp³-hybridized carbons (Fsp3) is 0.192. The number of carbonyl (C=O) groups is 1. The Morgan fingerprint density at radius 3 is 2.53 bits per heavy atom. The van der Waals surface area contributed by atoms with Gasteiger partial charge in [0.25, 0.3) is 5.91 Å². The van der Waals surface area contributed by atoms with E-state index in [1.165, 1.54) is 12.1 Å². The van der Waals surface area contributed by atoms with E-state index >= 15 is 0 Å². The first-order valence-corrected chi connectivity index (χ1v) is 11.3. The first-order chi connectivity index (χ1) is 16.6. The maximum Gasteiger partial charge on any atom is 0.258 e. The summed E-state index contributed by atoms with van der Waals surface area (Å²) in [5, 5.41) is 8.76. The van der Waals surface area contributed by atoms with Gasteiger partial charge in [-0.15, -0.1) is 10.2 Å². The Bertz CT molecular complexity index is 1300. The topological polar surface area (TPSA) is 68.5 Å². The third-order valence-electron chi connectivity index (χ3n) is 5.55. The van der Waals surface area contributed by atoms with Gasteiger partial charge < -0.3 is 14.1 Å². The molecule has 172 valence electrons. The molecule has 1 heterocycles. The molecule has 8 heteroatoms. The van der Waals surface area contributed by atoms with E-state index in [4.69, 9.17) is 20.8 Å². The number of carbonyl (C=O) groups excluding carboxylic acids is 1. The predicted molar refractivity (Wildman–Crippen MR) is 125 cm³/mol. The second kappa shape index (κ2) is 9.65. The quantitative estimate of drug-likeness (QED) is 0.315. The number of hydrogen-bond acceptors (Lipinski definition) is 5. The van der Waals surface area contributed by atoms with Gasteiger partial charge in [0, 0.05) is 6.04 Å². The highest BCUT2D eigenvalue weighted by molar-refractivity contribution is 6.33. The molecule has 1 aromatic heterocycles. The lowest BCUT2D eigenvalue weighted by Gasteiger charge is -2.22. The molecule has 34 heavy (non-hydrogen) atoms. The summed E-state index contributed by atoms with van der Waals surface area (Å²) in [6.45, 7) is 0.409. The summed E-state index contributed by atoms with van der Waals surface area (Å²) < 4.78 is 24.9. The fourth-order valence-corrected chi connectivity index (χ4v) is 3.84. The largest absolute Gasteiger partial charge is 0.488 e. The van der Waals surface area contributed by atoms with Crippen LogP contribution in [0.25, 0.3) is 11.5 Å². The fourth-order valence-electron chi connectivity index (χ4n) is 3.63. The van der Waals surface area contributed by atoms with Crippen LogP contribution in [-0.4, -0.2) is 27.0 Å². The standard InChI is InChI=1S/C26H21ClFN3O3/c27-22-7-3-1-5-20(22)25-30-29-24(34-25)15-31(19-13-14-19)26(32)21-6-2-4-8-23(21)33-16-17-9-11-18(28)12-10-17/h1-12,19H,13-16H2. The summed E-state index contributed by atoms with van der Waals surface area (Å²) in [4.78, 5) is 15.3. The van der Waals surface area contributed by atoms with Crippen molar-refractivity contribution < 1.29 is 18.3 Å². The number of amides is 1. The number of para-hydroxylation sites is 1. The van der Waals surface area contributed by atoms with E-state index in [0.29, 0.717) is 33.7 Å². The van der Waals surface area contributed by atoms with Crippen LogP contribution in [0.3, 0.4) is 0 Å². The van der Waals surface area contributed by atoms with Gasteiger partial charge in [-0.05, 0) is 54.8 Å². The third kappa shape index (κ3) is 4.94. The van der Waals surface area contributed by atoms with E-state index in [2.05, 4.69) is 10.2 Å². The number of hydrogen-bond donors (Lipinski definition) is 0. The average molecular weight is 478 g/mol. The molecular weight excluding hydrogens is 457 g/mol. The summed E-state index contributed by atoms with van der Waals surface area (Å²) in [6.07, 6.45) is 1.83. The maximum atomic E-state index is 13.5. The molecular formula is C26H21ClFN3O3. The van der Waals surface area contributed by atoms with Crippen LogP contribution in [0.1, 0.15) is 34.7 Å². The van der Waals surface area contributed by atoms with E-state index in [1.54, 1.807) is 47.4 Å². The molecule has 1 saturated carbocycles. The lowest BCUT2D eigenvalue weighted by Crippen LogP contribution is -2.33. The third-order valence-corrected chi connectivity index (χ3v) is 5.88. The second-order valence-electron chi connectivity index (χ2n) is 8.06. The molecule has 0 N–H and O–H groups in total. The minimum Gasteiger partial charge on any atom is -0.488 e. The van der Waals surface area contributed by atoms with E-state index in [-0.39, 0.29) is 30.9 Å². The first-order valence-electron chi connectivity index (χ1n) is 10.9. The molecule has 3 aromatic carbocycles. The molecule has 0 saturated heterocycles. The summed E-state index contributed by atoms with van der Waals surface area (Å²) in [5.41, 5.74) is 1.90. The lowest BCUT2D eigenvalue weighted by atomic mass is 10.1. The number of halogens is 2. The van der Waals surface area contributed by atoms with Crippen molar-refractivity contribution in [1.29, 1.82) is 0 Å². The van der Waals surface area contributed by atoms with Gasteiger partial charge in [0.15, 0.2) is 0 Å². The Hall–Kier alpha value is -3.71. The normalized spacial score (nSPS) is 13.0. The molecule has 4 aromatic rings. The van der Waals surface area contributed by atoms with Gasteiger partial charge in [-0.25, -0.2) is 4.39 Å². The van der Waals surface area contributed by atoms with Crippen LogP contribution < -0.4 is 4.74 Å². The number of nitrogens with zero attached hydrogens (tertiary/aromatic N) is 3. The molecule has 0 unspecified atom stereocenters. The SMILES string of the molecule is O=C(c1ccccc1OCc1ccc(F)cc1)N(Cc1nnc(-c2ccccc2Cl)o1)C1CC1. The molecule has 0 bridgehead atoms. The van der Waals surface area contributed by atoms with Gasteiger partial charge >= 0.3 is 0 Å². The predicted octanol–water partition coefficient (Wildman–Crippen LogP) is 5.91. The Kier molecular flexibility index (Phi) is 6.27. The number of benzene rings is 3. The Morgan fingerprint density at radius 1 is 1.03 bits per heavy atom. The van der Waals surface area contributed by atoms with Crippen molar-refractivity contribution in [2.75, 3.05) is 0 Å². The molecule has 0 aliphatic heterocycles. The summed E-state index contributed by atoms with van der Waals surface area (Å²) >= 11 is 6.24. The Labute approximate surface area is 200 Å². The van der Waals surface area contributed by atoms with E-state index in [0.717, 1.165) is 18.4 Å². The van der Waals surface area contributed by atoms with Crippen molar-refractivity contribution in [3.05, 3.63) is 101 Å². The van der Waals surface area contributed by atoms with Crippen LogP contribution in [0.2, 0.25) is 5.02 Å². The highest BCUT2D eigenvalue weighted by Crippen LogP contribution is 2.33. The van der Waals surface area contributed by atoms with E-state index in [1.807, 2.05) is 18.2 Å². The van der Waals surface area contributed by atoms with Gasteiger partial charge in [0.2, 0.25) is 11.8 Å². The zero-order valence-electron chi connectivity index (χ0n) is 18.2. The average Bonchev–Trinajstić information content (AvgIpc) is 3.60. The zero-order valence-corrected chi connectivity index (χ0v) is 18.9. The van der Waals surface area contributed by atoms with Crippen molar-refractivity contribution in [2.24, 2.45) is 0 Å². The van der Waals surface area contributed by atoms with E-state index < -0.39 is 0 Å². The molecule has 0 radical (unpaired) electrons. The zero-order chi connectivity index (χ0) is 23.5. The van der Waals surface area contributed by atoms with Crippen molar-refractivity contribution in [2.45, 2.75) is 32.0 Å². The first kappa shape index (κ1) is 22.1. The van der Waals surface area contributed by atoms with Crippen LogP contribution in [0.5, 0.6) is 5.75 Å². The summed E-state index contributed by atoms with van der Waals surface area (Å²) in [6, 6.07) is 20.5. The van der Waals surface area contributed by atoms with Crippen LogP contribution in [0, 0.1) is 5.82 Å². The number of rotatable bonds is 8. The van der Waals surface area contributed by atoms with Crippen molar-refractivity contribution >= 4 is 17.5 Å². The van der Waals surface area contributed by atoms with Crippen LogP contribution in [0.4, 0.5) is 4.39 Å². The van der Waals surface area contributed by atoms with Crippen LogP contribution in [0.15, 0.2) is 77.2 Å². The summed E-state index contributed by atoms with van der Waals surface area (Å²) in [5.74, 6) is 0.629. The highest BCUT2D eigenvalue weighted by atomic mass is 35.5. The molecule has 5 rings (SSSR count). The van der Waals surface area contributed by atoms with Crippen molar-refractivity contribution in [1.82, 2.24) is 15.1 Å². The molecule has 1 fully saturated rings. The molecule has 1 aliphatic rings. The summed E-state index contributed by atoms with van der Waals surface area (Å²) in [7, 11) is 0. The van der Waals surface area contributed by atoms with Crippen molar-refractivity contribution in [3.8, 4) is 17.2 Å². The molecule has 0 atom stereocenters. The minimum absolute atomic E-state index is 0.105. The van der Waals surface area contributed by atoms with Gasteiger partial charge in [0.05, 0.1) is 22.7 Å². The Balaban J connectivity index is 1.34. The number of aromatic nitrogens is 2. The van der Waals surface area contributed by atoms with Gasteiger partial charge in [-0.2, -0.15) is 0 Å². The van der Waals surface area contributed by atoms with Gasteiger partial charge in [0.1, 0.15) is 18.2 Å². The molecule has 1 amide bonds. The van der Waals surface area contributed by atoms with Crippen LogP contribution >= 0.6 is 11.6 Å². The van der Waals surface area contributed by atoms with Crippen LogP contribution in [-0.2, 0) is 13.2 Å². The Morgan fingerprint density at radius 2 is 1.76 bits per heavy atom. The monoisotopic (exact) mass is 477 g/mol. The highest BCUT2D eigenvalue weighted by Gasteiger charge is 2.35. The minimum atomic E-state index is -0.307. The van der Waals surface area contributed by atoms with E-state index in [9.17, 15) is 9.18 Å². The second-order valence-corrected chi connectivity index (χ2v) is 8.46. The molecule has 0 spiro atoms. The van der Waals surface area contributed by atoms with Crippen molar-refractivity contribution in [3.63, 3.8) is 0 Å². The maximum absolute atomic E-state index is 13.5. The van der Waals surface area contributed by atoms with Gasteiger partial charge in [-0.1, -0.05) is 48.0 Å². The van der Waals surface area contributed by atoms with Gasteiger partial charge in [-0.3, -0.25) is 4.79 Å². The molecule has 6 nitrogen and oxygen atoms in total. The lowest BCUT2D eigenvalue weighted by molar-refractivity contribution is 0.0709. The molecule has 1 aliphatic carbocycles. The smallest absolute Gasteiger partial charge is 0.258 e. The number of ether oxygens (including phenoxy) is 1.